The van der Waals surface area contributed by atoms with Crippen LogP contribution in [0.4, 0.5) is 4.79 Å². The van der Waals surface area contributed by atoms with E-state index in [1.54, 1.807) is 7.05 Å². The predicted molar refractivity (Wildman–Crippen MR) is 71.3 cm³/mol. The van der Waals surface area contributed by atoms with Gasteiger partial charge in [0.05, 0.1) is 0 Å². The highest BCUT2D eigenvalue weighted by Crippen LogP contribution is 2.11. The molecule has 0 aromatic carbocycles. The number of likely N-dealkylation sites (N-methyl/N-ethyl adjacent to an activating group) is 1. The van der Waals surface area contributed by atoms with Crippen LogP contribution in [0.15, 0.2) is 0 Å². The van der Waals surface area contributed by atoms with Gasteiger partial charge in [-0.1, -0.05) is 12.8 Å². The van der Waals surface area contributed by atoms with Gasteiger partial charge in [-0.05, 0) is 26.7 Å². The quantitative estimate of drug-likeness (QED) is 0.829. The average Bonchev–Trinajstić information content (AvgIpc) is 2.55. The maximum Gasteiger partial charge on any atom is 0.320 e. The largest absolute Gasteiger partial charge is 0.352 e. The Labute approximate surface area is 110 Å². The molecule has 1 N–H and O–H groups in total. The third kappa shape index (κ3) is 4.94. The molecule has 104 valence electrons. The first-order valence-electron chi connectivity index (χ1n) is 6.80. The molecule has 0 spiro atoms. The minimum Gasteiger partial charge on any atom is -0.352 e. The van der Waals surface area contributed by atoms with Gasteiger partial charge in [0.1, 0.15) is 6.54 Å². The monoisotopic (exact) mass is 255 g/mol. The van der Waals surface area contributed by atoms with E-state index < -0.39 is 0 Å². The van der Waals surface area contributed by atoms with E-state index in [-0.39, 0.29) is 24.5 Å². The first kappa shape index (κ1) is 14.8. The number of carbonyl (C=O) groups is 2. The van der Waals surface area contributed by atoms with E-state index in [1.807, 2.05) is 18.7 Å². The van der Waals surface area contributed by atoms with Gasteiger partial charge in [-0.3, -0.25) is 4.79 Å². The third-order valence-electron chi connectivity index (χ3n) is 3.03. The Kier molecular flexibility index (Phi) is 5.95. The summed E-state index contributed by atoms with van der Waals surface area (Å²) >= 11 is 0. The van der Waals surface area contributed by atoms with E-state index >= 15 is 0 Å². The van der Waals surface area contributed by atoms with Crippen LogP contribution in [0.5, 0.6) is 0 Å². The van der Waals surface area contributed by atoms with Crippen LogP contribution in [0.3, 0.4) is 0 Å². The zero-order valence-electron chi connectivity index (χ0n) is 11.7. The van der Waals surface area contributed by atoms with E-state index in [1.165, 1.54) is 17.7 Å². The van der Waals surface area contributed by atoms with Gasteiger partial charge in [-0.25, -0.2) is 4.79 Å². The van der Waals surface area contributed by atoms with E-state index in [2.05, 4.69) is 5.32 Å². The molecule has 0 saturated carbocycles. The molecule has 0 atom stereocenters. The fourth-order valence-corrected chi connectivity index (χ4v) is 2.15. The molecule has 0 aromatic heterocycles. The van der Waals surface area contributed by atoms with Crippen LogP contribution in [-0.4, -0.2) is 54.5 Å². The molecule has 1 aliphatic rings. The van der Waals surface area contributed by atoms with Crippen molar-refractivity contribution < 1.29 is 9.59 Å². The van der Waals surface area contributed by atoms with E-state index in [9.17, 15) is 9.59 Å². The summed E-state index contributed by atoms with van der Waals surface area (Å²) < 4.78 is 0. The summed E-state index contributed by atoms with van der Waals surface area (Å²) in [6.45, 7) is 5.58. The molecule has 18 heavy (non-hydrogen) atoms. The Morgan fingerprint density at radius 2 is 1.72 bits per heavy atom. The summed E-state index contributed by atoms with van der Waals surface area (Å²) in [5, 5.41) is 2.79. The number of hydrogen-bond donors (Lipinski definition) is 1. The second kappa shape index (κ2) is 7.24. The molecule has 0 aromatic rings. The predicted octanol–water partition coefficient (Wildman–Crippen LogP) is 1.44. The summed E-state index contributed by atoms with van der Waals surface area (Å²) in [4.78, 5) is 27.1. The minimum atomic E-state index is -0.101. The van der Waals surface area contributed by atoms with E-state index in [0.717, 1.165) is 25.9 Å². The topological polar surface area (TPSA) is 52.7 Å². The Morgan fingerprint density at radius 1 is 1.17 bits per heavy atom. The number of nitrogens with zero attached hydrogens (tertiary/aromatic N) is 2. The van der Waals surface area contributed by atoms with Crippen LogP contribution in [0.2, 0.25) is 0 Å². The Hall–Kier alpha value is -1.26. The molecule has 1 heterocycles. The molecule has 0 radical (unpaired) electrons. The highest BCUT2D eigenvalue weighted by molar-refractivity contribution is 5.84. The van der Waals surface area contributed by atoms with Gasteiger partial charge in [-0.15, -0.1) is 0 Å². The van der Waals surface area contributed by atoms with Gasteiger partial charge >= 0.3 is 6.03 Å². The second-order valence-corrected chi connectivity index (χ2v) is 5.26. The Bertz CT molecular complexity index is 284. The van der Waals surface area contributed by atoms with E-state index in [0.29, 0.717) is 0 Å². The van der Waals surface area contributed by atoms with Crippen molar-refractivity contribution in [1.29, 1.82) is 0 Å². The van der Waals surface area contributed by atoms with E-state index in [4.69, 9.17) is 0 Å². The summed E-state index contributed by atoms with van der Waals surface area (Å²) in [6.07, 6.45) is 4.53. The summed E-state index contributed by atoms with van der Waals surface area (Å²) in [6, 6.07) is 0.0787. The van der Waals surface area contributed by atoms with Crippen molar-refractivity contribution in [1.82, 2.24) is 15.1 Å². The number of hydrogen-bond acceptors (Lipinski definition) is 2. The molecule has 0 unspecified atom stereocenters. The maximum atomic E-state index is 12.1. The molecule has 1 fully saturated rings. The standard InChI is InChI=1S/C13H25N3O2/c1-11(2)14-12(17)10-15(3)13(18)16-8-6-4-5-7-9-16/h11H,4-10H2,1-3H3,(H,14,17). The van der Waals surface area contributed by atoms with Crippen molar-refractivity contribution in [2.75, 3.05) is 26.7 Å². The maximum absolute atomic E-state index is 12.1. The van der Waals surface area contributed by atoms with Crippen molar-refractivity contribution in [3.63, 3.8) is 0 Å². The summed E-state index contributed by atoms with van der Waals surface area (Å²) in [7, 11) is 1.69. The smallest absolute Gasteiger partial charge is 0.320 e. The highest BCUT2D eigenvalue weighted by atomic mass is 16.2. The SMILES string of the molecule is CC(C)NC(=O)CN(C)C(=O)N1CCCCCC1. The van der Waals surface area contributed by atoms with Gasteiger partial charge in [0.15, 0.2) is 0 Å². The first-order chi connectivity index (χ1) is 8.50. The van der Waals surface area contributed by atoms with Crippen LogP contribution in [0.25, 0.3) is 0 Å². The lowest BCUT2D eigenvalue weighted by molar-refractivity contribution is -0.122. The van der Waals surface area contributed by atoms with Crippen LogP contribution < -0.4 is 5.32 Å². The molecule has 1 saturated heterocycles. The van der Waals surface area contributed by atoms with Crippen LogP contribution in [0.1, 0.15) is 39.5 Å². The van der Waals surface area contributed by atoms with Crippen molar-refractivity contribution in [2.24, 2.45) is 0 Å². The Balaban J connectivity index is 2.42. The van der Waals surface area contributed by atoms with Gasteiger partial charge in [0.2, 0.25) is 5.91 Å². The normalized spacial score (nSPS) is 16.3. The highest BCUT2D eigenvalue weighted by Gasteiger charge is 2.20. The number of rotatable bonds is 3. The Morgan fingerprint density at radius 3 is 2.22 bits per heavy atom. The molecular formula is C13H25N3O2. The number of likely N-dealkylation sites (tertiary alicyclic amines) is 1. The van der Waals surface area contributed by atoms with Crippen molar-refractivity contribution in [3.8, 4) is 0 Å². The zero-order valence-corrected chi connectivity index (χ0v) is 11.7. The third-order valence-corrected chi connectivity index (χ3v) is 3.03. The molecule has 0 bridgehead atoms. The molecule has 5 heteroatoms. The zero-order chi connectivity index (χ0) is 13.5. The van der Waals surface area contributed by atoms with Gasteiger partial charge in [0.25, 0.3) is 0 Å². The van der Waals surface area contributed by atoms with Crippen molar-refractivity contribution >= 4 is 11.9 Å². The lowest BCUT2D eigenvalue weighted by Crippen LogP contribution is -2.46. The summed E-state index contributed by atoms with van der Waals surface area (Å²) in [5.74, 6) is -0.101. The number of nitrogens with one attached hydrogen (secondary N) is 1. The molecule has 1 aliphatic heterocycles. The average molecular weight is 255 g/mol. The molecule has 0 aliphatic carbocycles. The summed E-state index contributed by atoms with van der Waals surface area (Å²) in [5.41, 5.74) is 0. The van der Waals surface area contributed by atoms with Crippen molar-refractivity contribution in [2.45, 2.75) is 45.6 Å². The number of amides is 3. The minimum absolute atomic E-state index is 0.0317. The first-order valence-corrected chi connectivity index (χ1v) is 6.80. The fraction of sp³-hybridized carbons (Fsp3) is 0.846. The molecule has 1 rings (SSSR count). The van der Waals surface area contributed by atoms with Gasteiger partial charge < -0.3 is 15.1 Å². The molecule has 3 amide bonds. The molecular weight excluding hydrogens is 230 g/mol. The number of carbonyl (C=O) groups excluding carboxylic acids is 2. The second-order valence-electron chi connectivity index (χ2n) is 5.26. The van der Waals surface area contributed by atoms with Crippen LogP contribution in [-0.2, 0) is 4.79 Å². The van der Waals surface area contributed by atoms with Gasteiger partial charge in [-0.2, -0.15) is 0 Å². The van der Waals surface area contributed by atoms with Gasteiger partial charge in [0, 0.05) is 26.2 Å². The van der Waals surface area contributed by atoms with Crippen LogP contribution in [0, 0.1) is 0 Å². The lowest BCUT2D eigenvalue weighted by Gasteiger charge is -2.26. The van der Waals surface area contributed by atoms with Crippen LogP contribution >= 0.6 is 0 Å². The van der Waals surface area contributed by atoms with Crippen molar-refractivity contribution in [3.05, 3.63) is 0 Å². The lowest BCUT2D eigenvalue weighted by atomic mass is 10.2. The fourth-order valence-electron chi connectivity index (χ4n) is 2.15. The molecule has 5 nitrogen and oxygen atoms in total. The number of urea groups is 1.